The zero-order valence-corrected chi connectivity index (χ0v) is 14.1. The van der Waals surface area contributed by atoms with E-state index in [2.05, 4.69) is 33.0 Å². The first-order chi connectivity index (χ1) is 10.4. The van der Waals surface area contributed by atoms with Crippen molar-refractivity contribution in [1.29, 1.82) is 0 Å². The molecule has 1 aromatic rings. The smallest absolute Gasteiger partial charge is 0.286 e. The van der Waals surface area contributed by atoms with Gasteiger partial charge in [-0.1, -0.05) is 27.7 Å². The third-order valence-corrected chi connectivity index (χ3v) is 3.12. The lowest BCUT2D eigenvalue weighted by Crippen LogP contribution is -2.37. The molecule has 0 aliphatic carbocycles. The van der Waals surface area contributed by atoms with E-state index in [4.69, 9.17) is 4.42 Å². The molecule has 0 radical (unpaired) electrons. The van der Waals surface area contributed by atoms with Crippen LogP contribution in [0.2, 0.25) is 0 Å². The number of hydrogen-bond donors (Lipinski definition) is 1. The van der Waals surface area contributed by atoms with Gasteiger partial charge < -0.3 is 14.6 Å². The van der Waals surface area contributed by atoms with Crippen molar-refractivity contribution in [3.63, 3.8) is 0 Å². The average molecular weight is 308 g/mol. The molecule has 0 saturated heterocycles. The third kappa shape index (κ3) is 6.78. The molecule has 0 bridgehead atoms. The highest BCUT2D eigenvalue weighted by Gasteiger charge is 2.16. The highest BCUT2D eigenvalue weighted by atomic mass is 16.3. The van der Waals surface area contributed by atoms with Gasteiger partial charge in [0.1, 0.15) is 0 Å². The molecule has 1 N–H and O–H groups in total. The molecule has 5 heteroatoms. The molecule has 0 aromatic carbocycles. The van der Waals surface area contributed by atoms with Crippen molar-refractivity contribution in [1.82, 2.24) is 10.2 Å². The van der Waals surface area contributed by atoms with Crippen LogP contribution in [-0.4, -0.2) is 36.3 Å². The summed E-state index contributed by atoms with van der Waals surface area (Å²) in [5.41, 5.74) is 0. The van der Waals surface area contributed by atoms with Crippen LogP contribution in [0.25, 0.3) is 0 Å². The van der Waals surface area contributed by atoms with Gasteiger partial charge in [-0.3, -0.25) is 9.59 Å². The molecule has 124 valence electrons. The maximum atomic E-state index is 12.3. The van der Waals surface area contributed by atoms with E-state index in [1.165, 1.54) is 6.26 Å². The Morgan fingerprint density at radius 2 is 1.82 bits per heavy atom. The summed E-state index contributed by atoms with van der Waals surface area (Å²) in [5, 5.41) is 2.76. The van der Waals surface area contributed by atoms with Gasteiger partial charge in [-0.05, 0) is 30.4 Å². The average Bonchev–Trinajstić information content (AvgIpc) is 2.95. The molecule has 1 heterocycles. The molecule has 0 saturated carbocycles. The molecule has 0 spiro atoms. The van der Waals surface area contributed by atoms with Gasteiger partial charge in [-0.15, -0.1) is 0 Å². The maximum absolute atomic E-state index is 12.3. The summed E-state index contributed by atoms with van der Waals surface area (Å²) in [6.07, 6.45) is 2.56. The van der Waals surface area contributed by atoms with E-state index in [0.29, 0.717) is 37.0 Å². The predicted octanol–water partition coefficient (Wildman–Crippen LogP) is 2.93. The van der Waals surface area contributed by atoms with Crippen molar-refractivity contribution in [2.45, 2.75) is 40.5 Å². The molecule has 0 aliphatic rings. The summed E-state index contributed by atoms with van der Waals surface area (Å²) in [4.78, 5) is 25.9. The quantitative estimate of drug-likeness (QED) is 0.713. The van der Waals surface area contributed by atoms with Gasteiger partial charge in [0.15, 0.2) is 5.76 Å². The fourth-order valence-corrected chi connectivity index (χ4v) is 2.25. The third-order valence-electron chi connectivity index (χ3n) is 3.12. The van der Waals surface area contributed by atoms with Gasteiger partial charge in [-0.25, -0.2) is 0 Å². The summed E-state index contributed by atoms with van der Waals surface area (Å²) in [7, 11) is 0. The van der Waals surface area contributed by atoms with Crippen molar-refractivity contribution in [3.05, 3.63) is 24.2 Å². The van der Waals surface area contributed by atoms with E-state index in [-0.39, 0.29) is 11.8 Å². The number of carbonyl (C=O) groups excluding carboxylic acids is 2. The summed E-state index contributed by atoms with van der Waals surface area (Å²) < 4.78 is 5.01. The minimum Gasteiger partial charge on any atom is -0.459 e. The van der Waals surface area contributed by atoms with E-state index < -0.39 is 0 Å². The lowest BCUT2D eigenvalue weighted by Gasteiger charge is -2.26. The second-order valence-electron chi connectivity index (χ2n) is 6.42. The van der Waals surface area contributed by atoms with Gasteiger partial charge in [0.25, 0.3) is 5.91 Å². The number of hydrogen-bond acceptors (Lipinski definition) is 3. The topological polar surface area (TPSA) is 62.6 Å². The number of furan rings is 1. The Hall–Kier alpha value is -1.78. The molecular formula is C17H28N2O3. The molecule has 1 rings (SSSR count). The van der Waals surface area contributed by atoms with Crippen LogP contribution in [0.1, 0.15) is 51.1 Å². The minimum atomic E-state index is -0.237. The monoisotopic (exact) mass is 308 g/mol. The Morgan fingerprint density at radius 1 is 1.18 bits per heavy atom. The first-order valence-corrected chi connectivity index (χ1v) is 7.99. The molecular weight excluding hydrogens is 280 g/mol. The van der Waals surface area contributed by atoms with Crippen LogP contribution in [0.4, 0.5) is 0 Å². The van der Waals surface area contributed by atoms with E-state index in [0.717, 1.165) is 13.1 Å². The zero-order valence-electron chi connectivity index (χ0n) is 14.1. The SMILES string of the molecule is CC(C)CN(CC(C)C)C(=O)CCCNC(=O)c1ccco1. The van der Waals surface area contributed by atoms with E-state index in [1.54, 1.807) is 12.1 Å². The van der Waals surface area contributed by atoms with Gasteiger partial charge in [0.05, 0.1) is 6.26 Å². The normalized spacial score (nSPS) is 11.0. The van der Waals surface area contributed by atoms with Crippen LogP contribution in [-0.2, 0) is 4.79 Å². The summed E-state index contributed by atoms with van der Waals surface area (Å²) >= 11 is 0. The molecule has 1 aromatic heterocycles. The van der Waals surface area contributed by atoms with Crippen molar-refractivity contribution in [2.75, 3.05) is 19.6 Å². The molecule has 0 fully saturated rings. The van der Waals surface area contributed by atoms with E-state index in [9.17, 15) is 9.59 Å². The largest absolute Gasteiger partial charge is 0.459 e. The fourth-order valence-electron chi connectivity index (χ4n) is 2.25. The van der Waals surface area contributed by atoms with E-state index >= 15 is 0 Å². The molecule has 0 unspecified atom stereocenters. The molecule has 0 atom stereocenters. The van der Waals surface area contributed by atoms with Gasteiger partial charge in [-0.2, -0.15) is 0 Å². The molecule has 0 aliphatic heterocycles. The lowest BCUT2D eigenvalue weighted by atomic mass is 10.1. The second kappa shape index (κ2) is 9.28. The highest BCUT2D eigenvalue weighted by molar-refractivity contribution is 5.91. The van der Waals surface area contributed by atoms with Crippen molar-refractivity contribution in [2.24, 2.45) is 11.8 Å². The van der Waals surface area contributed by atoms with Crippen molar-refractivity contribution < 1.29 is 14.0 Å². The Labute approximate surface area is 133 Å². The zero-order chi connectivity index (χ0) is 16.5. The second-order valence-corrected chi connectivity index (χ2v) is 6.42. The van der Waals surface area contributed by atoms with Crippen LogP contribution < -0.4 is 5.32 Å². The van der Waals surface area contributed by atoms with Gasteiger partial charge in [0, 0.05) is 26.1 Å². The Kier molecular flexibility index (Phi) is 7.71. The van der Waals surface area contributed by atoms with Gasteiger partial charge >= 0.3 is 0 Å². The highest BCUT2D eigenvalue weighted by Crippen LogP contribution is 2.07. The number of nitrogens with zero attached hydrogens (tertiary/aromatic N) is 1. The van der Waals surface area contributed by atoms with Crippen LogP contribution >= 0.6 is 0 Å². The fraction of sp³-hybridized carbons (Fsp3) is 0.647. The van der Waals surface area contributed by atoms with E-state index in [1.807, 2.05) is 4.90 Å². The minimum absolute atomic E-state index is 0.162. The van der Waals surface area contributed by atoms with Crippen LogP contribution in [0.5, 0.6) is 0 Å². The predicted molar refractivity (Wildman–Crippen MR) is 86.5 cm³/mol. The molecule has 2 amide bonds. The number of nitrogens with one attached hydrogen (secondary N) is 1. The number of carbonyl (C=O) groups is 2. The summed E-state index contributed by atoms with van der Waals surface area (Å²) in [5.74, 6) is 1.14. The summed E-state index contributed by atoms with van der Waals surface area (Å²) in [6.45, 7) is 10.5. The standard InChI is InChI=1S/C17H28N2O3/c1-13(2)11-19(12-14(3)4)16(20)8-5-9-18-17(21)15-7-6-10-22-15/h6-7,10,13-14H,5,8-9,11-12H2,1-4H3,(H,18,21). The Morgan fingerprint density at radius 3 is 2.32 bits per heavy atom. The van der Waals surface area contributed by atoms with Gasteiger partial charge in [0.2, 0.25) is 5.91 Å². The lowest BCUT2D eigenvalue weighted by molar-refractivity contribution is -0.132. The number of amides is 2. The Balaban J connectivity index is 2.31. The van der Waals surface area contributed by atoms with Crippen LogP contribution in [0.15, 0.2) is 22.8 Å². The number of rotatable bonds is 9. The molecule has 22 heavy (non-hydrogen) atoms. The Bertz CT molecular complexity index is 442. The first kappa shape index (κ1) is 18.3. The van der Waals surface area contributed by atoms with Crippen molar-refractivity contribution in [3.8, 4) is 0 Å². The molecule has 5 nitrogen and oxygen atoms in total. The summed E-state index contributed by atoms with van der Waals surface area (Å²) in [6, 6.07) is 3.29. The van der Waals surface area contributed by atoms with Crippen LogP contribution in [0.3, 0.4) is 0 Å². The van der Waals surface area contributed by atoms with Crippen LogP contribution in [0, 0.1) is 11.8 Å². The first-order valence-electron chi connectivity index (χ1n) is 7.99. The maximum Gasteiger partial charge on any atom is 0.286 e. The van der Waals surface area contributed by atoms with Crippen molar-refractivity contribution >= 4 is 11.8 Å².